The van der Waals surface area contributed by atoms with Crippen LogP contribution >= 0.6 is 0 Å². The number of ether oxygens (including phenoxy) is 1. The molecule has 24 heavy (non-hydrogen) atoms. The zero-order chi connectivity index (χ0) is 17.4. The number of carboxylic acids is 1. The van der Waals surface area contributed by atoms with Crippen LogP contribution < -0.4 is 10.1 Å². The number of aryl methyl sites for hydroxylation is 1. The van der Waals surface area contributed by atoms with Crippen LogP contribution in [-0.4, -0.2) is 40.8 Å². The van der Waals surface area contributed by atoms with E-state index in [0.717, 1.165) is 11.3 Å². The van der Waals surface area contributed by atoms with Crippen molar-refractivity contribution >= 4 is 11.9 Å². The van der Waals surface area contributed by atoms with Gasteiger partial charge in [0.2, 0.25) is 17.6 Å². The predicted octanol–water partition coefficient (Wildman–Crippen LogP) is 1.66. The molecule has 2 N–H and O–H groups in total. The van der Waals surface area contributed by atoms with E-state index < -0.39 is 5.97 Å². The zero-order valence-corrected chi connectivity index (χ0v) is 13.3. The number of carbonyl (C=O) groups excluding carboxylic acids is 1. The number of carboxylic acid groups (broad SMARTS) is 1. The highest BCUT2D eigenvalue weighted by atomic mass is 16.5. The molecule has 0 bridgehead atoms. The fourth-order valence-corrected chi connectivity index (χ4v) is 2.01. The number of rotatable bonds is 9. The van der Waals surface area contributed by atoms with E-state index >= 15 is 0 Å². The van der Waals surface area contributed by atoms with E-state index in [-0.39, 0.29) is 25.3 Å². The number of carbonyl (C=O) groups is 2. The lowest BCUT2D eigenvalue weighted by Crippen LogP contribution is -2.25. The lowest BCUT2D eigenvalue weighted by atomic mass is 10.2. The molecular formula is C16H19N3O5. The molecule has 0 aliphatic heterocycles. The van der Waals surface area contributed by atoms with Gasteiger partial charge in [0.15, 0.2) is 0 Å². The van der Waals surface area contributed by atoms with Crippen LogP contribution in [0, 0.1) is 0 Å². The first-order chi connectivity index (χ1) is 11.6. The van der Waals surface area contributed by atoms with Crippen molar-refractivity contribution in [1.82, 2.24) is 15.5 Å². The number of hydrogen-bond acceptors (Lipinski definition) is 6. The summed E-state index contributed by atoms with van der Waals surface area (Å²) in [4.78, 5) is 26.2. The molecule has 1 amide bonds. The second kappa shape index (κ2) is 8.66. The Labute approximate surface area is 138 Å². The third-order valence-electron chi connectivity index (χ3n) is 3.27. The van der Waals surface area contributed by atoms with Crippen LogP contribution in [0.25, 0.3) is 11.4 Å². The maximum atomic E-state index is 11.5. The minimum Gasteiger partial charge on any atom is -0.497 e. The monoisotopic (exact) mass is 333 g/mol. The highest BCUT2D eigenvalue weighted by molar-refractivity contribution is 5.76. The topological polar surface area (TPSA) is 115 Å². The van der Waals surface area contributed by atoms with E-state index in [0.29, 0.717) is 24.6 Å². The normalized spacial score (nSPS) is 10.4. The third kappa shape index (κ3) is 5.38. The van der Waals surface area contributed by atoms with Crippen molar-refractivity contribution in [2.75, 3.05) is 13.7 Å². The van der Waals surface area contributed by atoms with E-state index in [4.69, 9.17) is 14.4 Å². The Morgan fingerprint density at radius 1 is 1.25 bits per heavy atom. The fraction of sp³-hybridized carbons (Fsp3) is 0.375. The number of methoxy groups -OCH3 is 1. The van der Waals surface area contributed by atoms with Crippen molar-refractivity contribution in [3.63, 3.8) is 0 Å². The molecule has 0 unspecified atom stereocenters. The van der Waals surface area contributed by atoms with Gasteiger partial charge in [0.05, 0.1) is 13.5 Å². The van der Waals surface area contributed by atoms with Crippen LogP contribution in [0.5, 0.6) is 5.75 Å². The second-order valence-electron chi connectivity index (χ2n) is 5.09. The standard InChI is InChI=1S/C16H19N3O5/c1-23-12-7-5-11(6-8-12)16-18-14(24-19-16)4-2-3-13(20)17-10-9-15(21)22/h5-8H,2-4,9-10H2,1H3,(H,17,20)(H,21,22). The molecule has 0 aliphatic rings. The van der Waals surface area contributed by atoms with Gasteiger partial charge in [-0.25, -0.2) is 0 Å². The highest BCUT2D eigenvalue weighted by Crippen LogP contribution is 2.20. The molecule has 8 nitrogen and oxygen atoms in total. The van der Waals surface area contributed by atoms with Crippen molar-refractivity contribution in [2.45, 2.75) is 25.7 Å². The number of aromatic nitrogens is 2. The summed E-state index contributed by atoms with van der Waals surface area (Å²) in [5, 5.41) is 15.0. The van der Waals surface area contributed by atoms with Crippen molar-refractivity contribution in [1.29, 1.82) is 0 Å². The van der Waals surface area contributed by atoms with Crippen LogP contribution in [0.15, 0.2) is 28.8 Å². The van der Waals surface area contributed by atoms with E-state index in [9.17, 15) is 9.59 Å². The molecule has 0 radical (unpaired) electrons. The molecule has 0 saturated carbocycles. The molecule has 8 heteroatoms. The van der Waals surface area contributed by atoms with E-state index in [2.05, 4.69) is 15.5 Å². The summed E-state index contributed by atoms with van der Waals surface area (Å²) in [5.41, 5.74) is 0.817. The van der Waals surface area contributed by atoms with Crippen LogP contribution in [0.4, 0.5) is 0 Å². The van der Waals surface area contributed by atoms with E-state index in [1.807, 2.05) is 24.3 Å². The quantitative estimate of drug-likeness (QED) is 0.717. The third-order valence-corrected chi connectivity index (χ3v) is 3.27. The summed E-state index contributed by atoms with van der Waals surface area (Å²) in [6.07, 6.45) is 1.22. The van der Waals surface area contributed by atoms with Crippen LogP contribution in [0.2, 0.25) is 0 Å². The van der Waals surface area contributed by atoms with Gasteiger partial charge in [-0.05, 0) is 30.7 Å². The SMILES string of the molecule is COc1ccc(-c2noc(CCCC(=O)NCCC(=O)O)n2)cc1. The number of hydrogen-bond donors (Lipinski definition) is 2. The van der Waals surface area contributed by atoms with Gasteiger partial charge in [-0.3, -0.25) is 9.59 Å². The minimum absolute atomic E-state index is 0.0827. The molecule has 2 aromatic rings. The molecule has 1 aromatic heterocycles. The molecule has 2 rings (SSSR count). The summed E-state index contributed by atoms with van der Waals surface area (Å²) >= 11 is 0. The molecule has 128 valence electrons. The van der Waals surface area contributed by atoms with Gasteiger partial charge in [0.1, 0.15) is 5.75 Å². The fourth-order valence-electron chi connectivity index (χ4n) is 2.01. The Morgan fingerprint density at radius 3 is 2.67 bits per heavy atom. The summed E-state index contributed by atoms with van der Waals surface area (Å²) in [6, 6.07) is 7.30. The Balaban J connectivity index is 1.77. The van der Waals surface area contributed by atoms with Gasteiger partial charge in [-0.2, -0.15) is 4.98 Å². The number of amides is 1. The molecule has 0 fully saturated rings. The maximum Gasteiger partial charge on any atom is 0.305 e. The lowest BCUT2D eigenvalue weighted by molar-refractivity contribution is -0.136. The van der Waals surface area contributed by atoms with E-state index in [1.165, 1.54) is 0 Å². The summed E-state index contributed by atoms with van der Waals surface area (Å²) in [6.45, 7) is 0.135. The molecule has 1 aromatic carbocycles. The first-order valence-electron chi connectivity index (χ1n) is 7.54. The first kappa shape index (κ1) is 17.5. The van der Waals surface area contributed by atoms with Gasteiger partial charge in [-0.1, -0.05) is 5.16 Å². The van der Waals surface area contributed by atoms with Gasteiger partial charge < -0.3 is 19.7 Å². The first-order valence-corrected chi connectivity index (χ1v) is 7.54. The Morgan fingerprint density at radius 2 is 2.00 bits per heavy atom. The smallest absolute Gasteiger partial charge is 0.305 e. The van der Waals surface area contributed by atoms with Crippen LogP contribution in [0.3, 0.4) is 0 Å². The summed E-state index contributed by atoms with van der Waals surface area (Å²) < 4.78 is 10.3. The van der Waals surface area contributed by atoms with Crippen molar-refractivity contribution < 1.29 is 24.0 Å². The number of nitrogens with zero attached hydrogens (tertiary/aromatic N) is 2. The van der Waals surface area contributed by atoms with Crippen LogP contribution in [-0.2, 0) is 16.0 Å². The van der Waals surface area contributed by atoms with Crippen molar-refractivity contribution in [3.8, 4) is 17.1 Å². The Hall–Kier alpha value is -2.90. The van der Waals surface area contributed by atoms with E-state index in [1.54, 1.807) is 7.11 Å². The molecular weight excluding hydrogens is 314 g/mol. The average molecular weight is 333 g/mol. The molecule has 0 saturated heterocycles. The van der Waals surface area contributed by atoms with Gasteiger partial charge in [0.25, 0.3) is 0 Å². The lowest BCUT2D eigenvalue weighted by Gasteiger charge is -2.01. The van der Waals surface area contributed by atoms with Gasteiger partial charge in [0, 0.05) is 24.9 Å². The largest absolute Gasteiger partial charge is 0.497 e. The number of aliphatic carboxylic acids is 1. The molecule has 1 heterocycles. The van der Waals surface area contributed by atoms with Gasteiger partial charge >= 0.3 is 5.97 Å². The second-order valence-corrected chi connectivity index (χ2v) is 5.09. The molecule has 0 aliphatic carbocycles. The van der Waals surface area contributed by atoms with Crippen molar-refractivity contribution in [2.24, 2.45) is 0 Å². The Kier molecular flexibility index (Phi) is 6.30. The summed E-state index contributed by atoms with van der Waals surface area (Å²) in [7, 11) is 1.60. The maximum absolute atomic E-state index is 11.5. The average Bonchev–Trinajstić information content (AvgIpc) is 3.03. The predicted molar refractivity (Wildman–Crippen MR) is 84.5 cm³/mol. The molecule has 0 atom stereocenters. The van der Waals surface area contributed by atoms with Crippen molar-refractivity contribution in [3.05, 3.63) is 30.2 Å². The highest BCUT2D eigenvalue weighted by Gasteiger charge is 2.10. The molecule has 0 spiro atoms. The van der Waals surface area contributed by atoms with Gasteiger partial charge in [-0.15, -0.1) is 0 Å². The minimum atomic E-state index is -0.938. The zero-order valence-electron chi connectivity index (χ0n) is 13.3. The summed E-state index contributed by atoms with van der Waals surface area (Å²) in [5.74, 6) is 0.562. The Bertz CT molecular complexity index is 681. The number of benzene rings is 1. The number of nitrogens with one attached hydrogen (secondary N) is 1. The van der Waals surface area contributed by atoms with Crippen LogP contribution in [0.1, 0.15) is 25.2 Å².